The lowest BCUT2D eigenvalue weighted by atomic mass is 9.91. The van der Waals surface area contributed by atoms with Gasteiger partial charge in [0.15, 0.2) is 6.04 Å². The monoisotopic (exact) mass is 424 g/mol. The zero-order chi connectivity index (χ0) is 21.2. The molecule has 0 unspecified atom stereocenters. The second-order valence-corrected chi connectivity index (χ2v) is 10.6. The van der Waals surface area contributed by atoms with E-state index in [1.807, 2.05) is 11.8 Å². The molecule has 7 nitrogen and oxygen atoms in total. The minimum absolute atomic E-state index is 0.140. The van der Waals surface area contributed by atoms with Gasteiger partial charge in [-0.2, -0.15) is 4.31 Å². The number of hydrogen-bond donors (Lipinski definition) is 1. The number of quaternary nitrogens is 1. The molecule has 2 aliphatic heterocycles. The van der Waals surface area contributed by atoms with Gasteiger partial charge in [0.25, 0.3) is 5.91 Å². The predicted octanol–water partition coefficient (Wildman–Crippen LogP) is 0.477. The number of carbonyl (C=O) groups is 1. The van der Waals surface area contributed by atoms with E-state index in [1.54, 1.807) is 31.4 Å². The van der Waals surface area contributed by atoms with E-state index in [9.17, 15) is 13.2 Å². The lowest BCUT2D eigenvalue weighted by Crippen LogP contribution is -3.19. The number of nitrogens with one attached hydrogen (secondary N) is 1. The third-order valence-electron chi connectivity index (χ3n) is 6.23. The molecule has 1 N–H and O–H groups in total. The fourth-order valence-electron chi connectivity index (χ4n) is 4.63. The van der Waals surface area contributed by atoms with Gasteiger partial charge < -0.3 is 14.5 Å². The normalized spacial score (nSPS) is 25.6. The lowest BCUT2D eigenvalue weighted by Gasteiger charge is -2.39. The number of ether oxygens (including phenoxy) is 1. The van der Waals surface area contributed by atoms with E-state index in [0.717, 1.165) is 13.1 Å². The van der Waals surface area contributed by atoms with E-state index in [0.29, 0.717) is 43.8 Å². The SMILES string of the molecule is COc1ccc(S(=O)(=O)N2CC[NH+]([C@H](C)C(=O)N3C[C@@H](C)C[C@H](C)C3)CC2)cc1. The summed E-state index contributed by atoms with van der Waals surface area (Å²) in [6.45, 7) is 10.2. The number of amides is 1. The molecule has 0 radical (unpaired) electrons. The van der Waals surface area contributed by atoms with E-state index in [1.165, 1.54) is 15.6 Å². The first kappa shape index (κ1) is 22.1. The largest absolute Gasteiger partial charge is 0.497 e. The van der Waals surface area contributed by atoms with E-state index < -0.39 is 10.0 Å². The third kappa shape index (κ3) is 4.92. The number of nitrogens with zero attached hydrogens (tertiary/aromatic N) is 2. The molecule has 2 saturated heterocycles. The van der Waals surface area contributed by atoms with Gasteiger partial charge in [0.2, 0.25) is 10.0 Å². The van der Waals surface area contributed by atoms with Gasteiger partial charge in [-0.05, 0) is 49.4 Å². The number of methoxy groups -OCH3 is 1. The summed E-state index contributed by atoms with van der Waals surface area (Å²) in [6, 6.07) is 6.35. The van der Waals surface area contributed by atoms with Crippen molar-refractivity contribution in [2.45, 2.75) is 38.1 Å². The van der Waals surface area contributed by atoms with Crippen LogP contribution < -0.4 is 9.64 Å². The van der Waals surface area contributed by atoms with Crippen molar-refractivity contribution in [3.63, 3.8) is 0 Å². The van der Waals surface area contributed by atoms with Crippen LogP contribution in [0.2, 0.25) is 0 Å². The summed E-state index contributed by atoms with van der Waals surface area (Å²) in [4.78, 5) is 16.5. The lowest BCUT2D eigenvalue weighted by molar-refractivity contribution is -0.918. The van der Waals surface area contributed by atoms with Gasteiger partial charge in [-0.15, -0.1) is 0 Å². The Hall–Kier alpha value is -1.64. The fraction of sp³-hybridized carbons (Fsp3) is 0.667. The summed E-state index contributed by atoms with van der Waals surface area (Å²) in [6.07, 6.45) is 1.17. The van der Waals surface area contributed by atoms with E-state index >= 15 is 0 Å². The Morgan fingerprint density at radius 3 is 2.17 bits per heavy atom. The topological polar surface area (TPSA) is 71.4 Å². The van der Waals surface area contributed by atoms with Crippen molar-refractivity contribution < 1.29 is 22.8 Å². The molecule has 8 heteroatoms. The molecule has 1 amide bonds. The van der Waals surface area contributed by atoms with Crippen LogP contribution in [-0.4, -0.2) is 76.0 Å². The summed E-state index contributed by atoms with van der Waals surface area (Å²) >= 11 is 0. The van der Waals surface area contributed by atoms with Gasteiger partial charge in [-0.25, -0.2) is 8.42 Å². The molecule has 2 aliphatic rings. The zero-order valence-corrected chi connectivity index (χ0v) is 18.7. The molecule has 3 atom stereocenters. The van der Waals surface area contributed by atoms with Crippen molar-refractivity contribution in [1.29, 1.82) is 0 Å². The van der Waals surface area contributed by atoms with Gasteiger partial charge in [0.05, 0.1) is 38.2 Å². The molecule has 2 fully saturated rings. The molecule has 29 heavy (non-hydrogen) atoms. The van der Waals surface area contributed by atoms with Gasteiger partial charge in [-0.1, -0.05) is 13.8 Å². The van der Waals surface area contributed by atoms with Crippen LogP contribution in [0.25, 0.3) is 0 Å². The second-order valence-electron chi connectivity index (χ2n) is 8.65. The van der Waals surface area contributed by atoms with Crippen LogP contribution in [-0.2, 0) is 14.8 Å². The van der Waals surface area contributed by atoms with Gasteiger partial charge >= 0.3 is 0 Å². The molecular formula is C21H34N3O4S+. The van der Waals surface area contributed by atoms with Crippen molar-refractivity contribution in [3.8, 4) is 5.75 Å². The first-order valence-corrected chi connectivity index (χ1v) is 11.9. The molecule has 0 spiro atoms. The molecule has 1 aromatic carbocycles. The Labute approximate surface area is 174 Å². The first-order chi connectivity index (χ1) is 13.7. The number of piperidine rings is 1. The minimum Gasteiger partial charge on any atom is -0.497 e. The summed E-state index contributed by atoms with van der Waals surface area (Å²) < 4.78 is 32.5. The first-order valence-electron chi connectivity index (χ1n) is 10.5. The quantitative estimate of drug-likeness (QED) is 0.746. The van der Waals surface area contributed by atoms with Crippen LogP contribution in [0.4, 0.5) is 0 Å². The van der Waals surface area contributed by atoms with Crippen LogP contribution in [0.5, 0.6) is 5.75 Å². The maximum Gasteiger partial charge on any atom is 0.280 e. The Bertz CT molecular complexity index is 794. The van der Waals surface area contributed by atoms with Crippen molar-refractivity contribution >= 4 is 15.9 Å². The number of carbonyl (C=O) groups excluding carboxylic acids is 1. The standard InChI is InChI=1S/C21H33N3O4S/c1-16-13-17(2)15-23(14-16)21(25)18(3)22-9-11-24(12-10-22)29(26,27)20-7-5-19(28-4)6-8-20/h5-8,16-18H,9-15H2,1-4H3/p+1/t16-,17-,18+/m0/s1. The van der Waals surface area contributed by atoms with Gasteiger partial charge in [0.1, 0.15) is 5.75 Å². The molecule has 1 aromatic rings. The molecule has 0 aliphatic carbocycles. The summed E-state index contributed by atoms with van der Waals surface area (Å²) in [5.74, 6) is 1.91. The summed E-state index contributed by atoms with van der Waals surface area (Å²) in [5, 5.41) is 0. The van der Waals surface area contributed by atoms with Crippen LogP contribution in [0, 0.1) is 11.8 Å². The molecular weight excluding hydrogens is 390 g/mol. The highest BCUT2D eigenvalue weighted by Gasteiger charge is 2.37. The van der Waals surface area contributed by atoms with Crippen LogP contribution >= 0.6 is 0 Å². The third-order valence-corrected chi connectivity index (χ3v) is 8.14. The number of hydrogen-bond acceptors (Lipinski definition) is 4. The number of benzene rings is 1. The number of rotatable bonds is 5. The average Bonchev–Trinajstić information content (AvgIpc) is 2.72. The summed E-state index contributed by atoms with van der Waals surface area (Å²) in [7, 11) is -1.97. The molecule has 0 saturated carbocycles. The minimum atomic E-state index is -3.52. The van der Waals surface area contributed by atoms with Crippen LogP contribution in [0.15, 0.2) is 29.2 Å². The maximum absolute atomic E-state index is 13.0. The highest BCUT2D eigenvalue weighted by molar-refractivity contribution is 7.89. The van der Waals surface area contributed by atoms with E-state index in [2.05, 4.69) is 13.8 Å². The molecule has 3 rings (SSSR count). The highest BCUT2D eigenvalue weighted by atomic mass is 32.2. The Morgan fingerprint density at radius 1 is 1.10 bits per heavy atom. The maximum atomic E-state index is 13.0. The molecule has 162 valence electrons. The van der Waals surface area contributed by atoms with Gasteiger partial charge in [0, 0.05) is 13.1 Å². The predicted molar refractivity (Wildman–Crippen MR) is 111 cm³/mol. The number of sulfonamides is 1. The Morgan fingerprint density at radius 2 is 1.66 bits per heavy atom. The van der Waals surface area contributed by atoms with Gasteiger partial charge in [-0.3, -0.25) is 4.79 Å². The average molecular weight is 425 g/mol. The molecule has 0 bridgehead atoms. The van der Waals surface area contributed by atoms with Crippen molar-refractivity contribution in [1.82, 2.24) is 9.21 Å². The van der Waals surface area contributed by atoms with Crippen molar-refractivity contribution in [3.05, 3.63) is 24.3 Å². The molecule has 2 heterocycles. The highest BCUT2D eigenvalue weighted by Crippen LogP contribution is 2.22. The zero-order valence-electron chi connectivity index (χ0n) is 17.9. The fourth-order valence-corrected chi connectivity index (χ4v) is 6.08. The number of likely N-dealkylation sites (tertiary alicyclic amines) is 1. The second kappa shape index (κ2) is 9.02. The van der Waals surface area contributed by atoms with E-state index in [4.69, 9.17) is 4.74 Å². The Kier molecular flexibility index (Phi) is 6.86. The Balaban J connectivity index is 1.59. The summed E-state index contributed by atoms with van der Waals surface area (Å²) in [5.41, 5.74) is 0. The van der Waals surface area contributed by atoms with Crippen LogP contribution in [0.1, 0.15) is 27.2 Å². The molecule has 0 aromatic heterocycles. The van der Waals surface area contributed by atoms with E-state index in [-0.39, 0.29) is 16.8 Å². The van der Waals surface area contributed by atoms with Crippen LogP contribution in [0.3, 0.4) is 0 Å². The number of piperazine rings is 1. The van der Waals surface area contributed by atoms with Crippen molar-refractivity contribution in [2.24, 2.45) is 11.8 Å². The van der Waals surface area contributed by atoms with Crippen molar-refractivity contribution in [2.75, 3.05) is 46.4 Å². The smallest absolute Gasteiger partial charge is 0.280 e.